The van der Waals surface area contributed by atoms with E-state index in [0.29, 0.717) is 60.6 Å². The molecule has 2 unspecified atom stereocenters. The molecule has 3 aromatic rings. The molecule has 3 rings (SSSR count). The Balaban J connectivity index is 2.04. The van der Waals surface area contributed by atoms with E-state index in [0.717, 1.165) is 6.42 Å². The molecule has 16 heteroatoms. The van der Waals surface area contributed by atoms with Crippen molar-refractivity contribution in [2.24, 2.45) is 10.2 Å². The van der Waals surface area contributed by atoms with E-state index in [2.05, 4.69) is 56.7 Å². The van der Waals surface area contributed by atoms with Crippen molar-refractivity contribution in [3.05, 3.63) is 17.6 Å². The number of aryl methyl sites for hydroxylation is 1. The van der Waals surface area contributed by atoms with Gasteiger partial charge in [-0.15, -0.1) is 15.3 Å². The van der Waals surface area contributed by atoms with Crippen LogP contribution in [0.5, 0.6) is 0 Å². The molecule has 2 atom stereocenters. The maximum Gasteiger partial charge on any atom is 0.230 e. The minimum Gasteiger partial charge on any atom is -0.385 e. The van der Waals surface area contributed by atoms with Crippen molar-refractivity contribution in [2.45, 2.75) is 39.3 Å². The van der Waals surface area contributed by atoms with Crippen molar-refractivity contribution in [1.29, 1.82) is 5.26 Å². The van der Waals surface area contributed by atoms with Gasteiger partial charge in [-0.1, -0.05) is 0 Å². The number of nitriles is 1. The van der Waals surface area contributed by atoms with Gasteiger partial charge in [0.25, 0.3) is 0 Å². The Morgan fingerprint density at radius 1 is 1.03 bits per heavy atom. The van der Waals surface area contributed by atoms with E-state index < -0.39 is 0 Å². The molecule has 3 aromatic heterocycles. The number of anilines is 3. The predicted octanol–water partition coefficient (Wildman–Crippen LogP) is 3.45. The number of rotatable bonds is 16. The maximum absolute atomic E-state index is 9.67. The van der Waals surface area contributed by atoms with E-state index >= 15 is 0 Å². The lowest BCUT2D eigenvalue weighted by Gasteiger charge is -2.19. The normalized spacial score (nSPS) is 12.8. The van der Waals surface area contributed by atoms with Crippen molar-refractivity contribution in [3.63, 3.8) is 0 Å². The highest BCUT2D eigenvalue weighted by atomic mass is 32.1. The molecular formula is C23H34N12O3S. The summed E-state index contributed by atoms with van der Waals surface area (Å²) in [5.41, 5.74) is 0.585. The first-order valence-corrected chi connectivity index (χ1v) is 13.0. The molecule has 0 bridgehead atoms. The zero-order valence-corrected chi connectivity index (χ0v) is 23.7. The highest BCUT2D eigenvalue weighted by Gasteiger charge is 2.19. The maximum atomic E-state index is 9.67. The molecule has 39 heavy (non-hydrogen) atoms. The predicted molar refractivity (Wildman–Crippen MR) is 148 cm³/mol. The van der Waals surface area contributed by atoms with Crippen LogP contribution in [0, 0.1) is 18.3 Å². The molecule has 0 aliphatic heterocycles. The first kappa shape index (κ1) is 29.8. The first-order valence-electron chi connectivity index (χ1n) is 12.3. The fraction of sp³-hybridized carbons (Fsp3) is 0.565. The third kappa shape index (κ3) is 8.61. The van der Waals surface area contributed by atoms with Crippen molar-refractivity contribution in [1.82, 2.24) is 29.1 Å². The molecule has 210 valence electrons. The highest BCUT2D eigenvalue weighted by molar-refractivity contribution is 7.08. The van der Waals surface area contributed by atoms with E-state index in [4.69, 9.17) is 14.2 Å². The molecule has 0 aromatic carbocycles. The van der Waals surface area contributed by atoms with Crippen LogP contribution >= 0.6 is 11.5 Å². The summed E-state index contributed by atoms with van der Waals surface area (Å²) in [6, 6.07) is 1.96. The second kappa shape index (κ2) is 15.0. The number of ether oxygens (including phenoxy) is 3. The fourth-order valence-electron chi connectivity index (χ4n) is 3.39. The molecule has 0 aliphatic carbocycles. The van der Waals surface area contributed by atoms with Crippen molar-refractivity contribution < 1.29 is 14.2 Å². The number of nitrogens with one attached hydrogen (secondary N) is 3. The Morgan fingerprint density at radius 3 is 2.38 bits per heavy atom. The van der Waals surface area contributed by atoms with Gasteiger partial charge in [-0.2, -0.15) is 19.6 Å². The van der Waals surface area contributed by atoms with Gasteiger partial charge < -0.3 is 30.2 Å². The number of azo groups is 1. The largest absolute Gasteiger partial charge is 0.385 e. The molecule has 0 fully saturated rings. The van der Waals surface area contributed by atoms with Gasteiger partial charge in [0.05, 0.1) is 19.4 Å². The summed E-state index contributed by atoms with van der Waals surface area (Å²) in [5, 5.41) is 33.2. The zero-order chi connectivity index (χ0) is 28.2. The van der Waals surface area contributed by atoms with Crippen LogP contribution in [0.2, 0.25) is 0 Å². The van der Waals surface area contributed by atoms with Gasteiger partial charge in [0.2, 0.25) is 16.9 Å². The number of hydrogen-bond acceptors (Lipinski definition) is 15. The minimum atomic E-state index is -0.0982. The first-order chi connectivity index (χ1) is 18.9. The summed E-state index contributed by atoms with van der Waals surface area (Å²) in [6.07, 6.45) is 2.28. The number of methoxy groups -OCH3 is 3. The quantitative estimate of drug-likeness (QED) is 0.172. The molecule has 0 amide bonds. The summed E-state index contributed by atoms with van der Waals surface area (Å²) >= 11 is 1.17. The summed E-state index contributed by atoms with van der Waals surface area (Å²) < 4.78 is 21.3. The summed E-state index contributed by atoms with van der Waals surface area (Å²) in [6.45, 7) is 7.76. The van der Waals surface area contributed by atoms with E-state index in [1.165, 1.54) is 16.2 Å². The molecule has 0 saturated carbocycles. The van der Waals surface area contributed by atoms with Crippen molar-refractivity contribution >= 4 is 40.6 Å². The van der Waals surface area contributed by atoms with Crippen molar-refractivity contribution in [3.8, 4) is 11.2 Å². The van der Waals surface area contributed by atoms with Crippen molar-refractivity contribution in [2.75, 3.05) is 63.6 Å². The second-order valence-corrected chi connectivity index (χ2v) is 9.34. The van der Waals surface area contributed by atoms with E-state index in [1.807, 2.05) is 13.8 Å². The molecule has 0 spiro atoms. The molecule has 3 heterocycles. The molecule has 0 radical (unpaired) electrons. The van der Waals surface area contributed by atoms with Crippen LogP contribution in [0.15, 0.2) is 16.4 Å². The van der Waals surface area contributed by atoms with Crippen LogP contribution in [-0.4, -0.2) is 88.9 Å². The number of aromatic nitrogens is 6. The number of nitrogens with zero attached hydrogens (tertiary/aromatic N) is 9. The Kier molecular flexibility index (Phi) is 11.4. The second-order valence-electron chi connectivity index (χ2n) is 8.61. The summed E-state index contributed by atoms with van der Waals surface area (Å²) in [7, 11) is 4.91. The van der Waals surface area contributed by atoms with Crippen LogP contribution in [0.1, 0.15) is 31.7 Å². The third-order valence-electron chi connectivity index (χ3n) is 5.07. The van der Waals surface area contributed by atoms with Crippen LogP contribution in [0.4, 0.5) is 29.1 Å². The van der Waals surface area contributed by atoms with Crippen LogP contribution in [-0.2, 0) is 14.2 Å². The monoisotopic (exact) mass is 558 g/mol. The van der Waals surface area contributed by atoms with E-state index in [9.17, 15) is 5.26 Å². The average Bonchev–Trinajstić information content (AvgIpc) is 3.52. The van der Waals surface area contributed by atoms with E-state index in [-0.39, 0.29) is 23.5 Å². The lowest BCUT2D eigenvalue weighted by molar-refractivity contribution is 0.190. The van der Waals surface area contributed by atoms with Gasteiger partial charge in [-0.25, -0.2) is 9.67 Å². The lowest BCUT2D eigenvalue weighted by atomic mass is 10.3. The van der Waals surface area contributed by atoms with E-state index in [1.54, 1.807) is 34.4 Å². The van der Waals surface area contributed by atoms with Gasteiger partial charge in [0.1, 0.15) is 17.5 Å². The Bertz CT molecular complexity index is 1270. The van der Waals surface area contributed by atoms with Gasteiger partial charge in [0, 0.05) is 58.1 Å². The van der Waals surface area contributed by atoms with Crippen LogP contribution < -0.4 is 16.0 Å². The van der Waals surface area contributed by atoms with Crippen LogP contribution in [0.3, 0.4) is 0 Å². The summed E-state index contributed by atoms with van der Waals surface area (Å²) in [5.74, 6) is 2.00. The fourth-order valence-corrected chi connectivity index (χ4v) is 4.00. The van der Waals surface area contributed by atoms with Gasteiger partial charge in [-0.3, -0.25) is 0 Å². The molecule has 0 aliphatic rings. The van der Waals surface area contributed by atoms with Gasteiger partial charge >= 0.3 is 0 Å². The zero-order valence-electron chi connectivity index (χ0n) is 22.9. The Morgan fingerprint density at radius 2 is 1.74 bits per heavy atom. The molecular weight excluding hydrogens is 524 g/mol. The lowest BCUT2D eigenvalue weighted by Crippen LogP contribution is -2.25. The Labute approximate surface area is 231 Å². The standard InChI is InChI=1S/C23H34N12O3S/c1-14(12-37-5)26-21-18(20(25-8-7-9-36-4)29-22(30-21)27-15(2)13-38-6)31-32-19-17(10-24)11-35(33-19)23-28-16(3)34-39-23/h11,14-15H,7-9,12-13H2,1-6H3,(H3,25,26,27,29,30). The third-order valence-corrected chi connectivity index (χ3v) is 5.86. The van der Waals surface area contributed by atoms with Gasteiger partial charge in [-0.05, 0) is 27.2 Å². The molecule has 3 N–H and O–H groups in total. The molecule has 0 saturated heterocycles. The van der Waals surface area contributed by atoms with Crippen LogP contribution in [0.25, 0.3) is 5.13 Å². The highest BCUT2D eigenvalue weighted by Crippen LogP contribution is 2.34. The average molecular weight is 559 g/mol. The summed E-state index contributed by atoms with van der Waals surface area (Å²) in [4.78, 5) is 13.6. The topological polar surface area (TPSA) is 182 Å². The Hall–Kier alpha value is -3.78. The SMILES string of the molecule is COCCCNc1nc(NC(C)COC)nc(NC(C)COC)c1N=Nc1nn(-c2nc(C)ns2)cc1C#N. The smallest absolute Gasteiger partial charge is 0.230 e. The molecule has 15 nitrogen and oxygen atoms in total. The van der Waals surface area contributed by atoms with Gasteiger partial charge in [0.15, 0.2) is 17.3 Å². The number of hydrogen-bond donors (Lipinski definition) is 3. The minimum absolute atomic E-state index is 0.0424.